The Bertz CT molecular complexity index is 907. The van der Waals surface area contributed by atoms with E-state index in [-0.39, 0.29) is 0 Å². The van der Waals surface area contributed by atoms with E-state index in [1.807, 2.05) is 0 Å². The van der Waals surface area contributed by atoms with Gasteiger partial charge in [-0.05, 0) is 47.5 Å². The average molecular weight is 476 g/mol. The Kier molecular flexibility index (Phi) is 11.4. The van der Waals surface area contributed by atoms with Crippen molar-refractivity contribution in [1.29, 1.82) is 0 Å². The molecule has 0 saturated heterocycles. The molecule has 2 aromatic carbocycles. The van der Waals surface area contributed by atoms with Crippen molar-refractivity contribution in [3.63, 3.8) is 0 Å². The van der Waals surface area contributed by atoms with Crippen LogP contribution < -0.4 is 28.4 Å². The predicted molar refractivity (Wildman–Crippen MR) is 126 cm³/mol. The Balaban J connectivity index is 0.000000340. The van der Waals surface area contributed by atoms with Crippen molar-refractivity contribution in [3.05, 3.63) is 47.5 Å². The molecule has 0 aliphatic rings. The summed E-state index contributed by atoms with van der Waals surface area (Å²) in [6.45, 7) is 0. The minimum Gasteiger partial charge on any atom is -0.493 e. The summed E-state index contributed by atoms with van der Waals surface area (Å²) < 4.78 is 30.9. The number of benzene rings is 2. The molecule has 0 aliphatic heterocycles. The molecule has 2 N–H and O–H groups in total. The quantitative estimate of drug-likeness (QED) is 0.490. The molecule has 0 aliphatic carbocycles. The van der Waals surface area contributed by atoms with Crippen molar-refractivity contribution in [3.8, 4) is 34.5 Å². The molecule has 0 amide bonds. The number of carboxylic acids is 2. The number of carboxylic acid groups (broad SMARTS) is 2. The molecule has 0 bridgehead atoms. The predicted octanol–water partition coefficient (Wildman–Crippen LogP) is 3.62. The second kappa shape index (κ2) is 13.9. The molecule has 0 spiro atoms. The lowest BCUT2D eigenvalue weighted by Gasteiger charge is -2.12. The van der Waals surface area contributed by atoms with Gasteiger partial charge in [0.15, 0.2) is 23.0 Å². The topological polar surface area (TPSA) is 130 Å². The fourth-order valence-corrected chi connectivity index (χ4v) is 2.73. The van der Waals surface area contributed by atoms with Crippen molar-refractivity contribution in [2.45, 2.75) is 0 Å². The molecule has 2 rings (SSSR count). The number of aliphatic carboxylic acids is 2. The van der Waals surface area contributed by atoms with Gasteiger partial charge in [0.25, 0.3) is 0 Å². The van der Waals surface area contributed by atoms with Crippen LogP contribution in [0.3, 0.4) is 0 Å². The van der Waals surface area contributed by atoms with Crippen molar-refractivity contribution in [2.75, 3.05) is 42.7 Å². The minimum absolute atomic E-state index is 0.475. The highest BCUT2D eigenvalue weighted by Gasteiger charge is 2.13. The van der Waals surface area contributed by atoms with E-state index < -0.39 is 11.9 Å². The molecule has 0 radical (unpaired) electrons. The second-order valence-electron chi connectivity index (χ2n) is 6.26. The van der Waals surface area contributed by atoms with Gasteiger partial charge in [0.1, 0.15) is 0 Å². The van der Waals surface area contributed by atoms with Crippen LogP contribution in [-0.4, -0.2) is 64.8 Å². The number of hydrogen-bond donors (Lipinski definition) is 2. The van der Waals surface area contributed by atoms with E-state index in [1.54, 1.807) is 24.3 Å². The summed E-state index contributed by atoms with van der Waals surface area (Å²) >= 11 is 0. The third-order valence-electron chi connectivity index (χ3n) is 4.21. The highest BCUT2D eigenvalue weighted by atomic mass is 16.5. The van der Waals surface area contributed by atoms with Crippen molar-refractivity contribution < 1.29 is 48.2 Å². The van der Waals surface area contributed by atoms with E-state index in [9.17, 15) is 9.59 Å². The smallest absolute Gasteiger partial charge is 0.328 e. The summed E-state index contributed by atoms with van der Waals surface area (Å²) in [4.78, 5) is 20.9. The van der Waals surface area contributed by atoms with Crippen LogP contribution in [0.15, 0.2) is 36.4 Å². The van der Waals surface area contributed by atoms with Gasteiger partial charge in [0, 0.05) is 12.2 Å². The maximum absolute atomic E-state index is 10.4. The molecule has 0 fully saturated rings. The maximum atomic E-state index is 10.4. The summed E-state index contributed by atoms with van der Waals surface area (Å²) in [5.74, 6) is 0.852. The van der Waals surface area contributed by atoms with Crippen LogP contribution in [0.1, 0.15) is 11.1 Å². The van der Waals surface area contributed by atoms with Crippen LogP contribution in [-0.2, 0) is 9.59 Å². The van der Waals surface area contributed by atoms with Crippen molar-refractivity contribution >= 4 is 24.1 Å². The first-order valence-corrected chi connectivity index (χ1v) is 9.66. The highest BCUT2D eigenvalue weighted by molar-refractivity contribution is 5.86. The largest absolute Gasteiger partial charge is 0.493 e. The number of hydrogen-bond acceptors (Lipinski definition) is 8. The van der Waals surface area contributed by atoms with Crippen LogP contribution in [0, 0.1) is 0 Å². The maximum Gasteiger partial charge on any atom is 0.328 e. The van der Waals surface area contributed by atoms with Gasteiger partial charge in [-0.25, -0.2) is 9.59 Å². The molecule has 0 aromatic heterocycles. The van der Waals surface area contributed by atoms with Crippen LogP contribution in [0.2, 0.25) is 0 Å². The number of ether oxygens (including phenoxy) is 6. The molecular formula is C24H28O10. The monoisotopic (exact) mass is 476 g/mol. The molecule has 10 nitrogen and oxygen atoms in total. The first-order chi connectivity index (χ1) is 16.2. The molecule has 34 heavy (non-hydrogen) atoms. The lowest BCUT2D eigenvalue weighted by molar-refractivity contribution is -0.132. The first kappa shape index (κ1) is 27.7. The molecule has 0 heterocycles. The zero-order chi connectivity index (χ0) is 25.7. The number of carbonyl (C=O) groups is 2. The van der Waals surface area contributed by atoms with E-state index >= 15 is 0 Å². The summed E-state index contributed by atoms with van der Waals surface area (Å²) in [6.07, 6.45) is 4.99. The highest BCUT2D eigenvalue weighted by Crippen LogP contribution is 2.39. The van der Waals surface area contributed by atoms with Crippen LogP contribution in [0.4, 0.5) is 0 Å². The van der Waals surface area contributed by atoms with E-state index in [0.29, 0.717) is 45.6 Å². The summed E-state index contributed by atoms with van der Waals surface area (Å²) in [6, 6.07) is 6.67. The first-order valence-electron chi connectivity index (χ1n) is 9.66. The second-order valence-corrected chi connectivity index (χ2v) is 6.26. The third-order valence-corrected chi connectivity index (χ3v) is 4.21. The summed E-state index contributed by atoms with van der Waals surface area (Å²) in [5, 5.41) is 17.1. The average Bonchev–Trinajstić information content (AvgIpc) is 2.84. The molecule has 0 atom stereocenters. The van der Waals surface area contributed by atoms with E-state index in [4.69, 9.17) is 38.6 Å². The lowest BCUT2D eigenvalue weighted by Crippen LogP contribution is -1.95. The SMILES string of the molecule is COc1cc(C=CC(=O)O)cc(OC)c1OC.COc1cc(C=CC(=O)O)cc(OC)c1OC. The molecule has 0 saturated carbocycles. The standard InChI is InChI=1S/2C12H14O5/c2*1-15-9-6-8(4-5-11(13)14)7-10(16-2)12(9)17-3/h2*4-7H,1-3H3,(H,13,14). The molecule has 184 valence electrons. The van der Waals surface area contributed by atoms with Crippen LogP contribution in [0.5, 0.6) is 34.5 Å². The Hall–Kier alpha value is -4.34. The molecule has 10 heteroatoms. The van der Waals surface area contributed by atoms with Gasteiger partial charge in [-0.3, -0.25) is 0 Å². The van der Waals surface area contributed by atoms with Gasteiger partial charge in [-0.1, -0.05) is 0 Å². The van der Waals surface area contributed by atoms with E-state index in [2.05, 4.69) is 0 Å². The van der Waals surface area contributed by atoms with Crippen molar-refractivity contribution in [2.24, 2.45) is 0 Å². The number of methoxy groups -OCH3 is 6. The zero-order valence-corrected chi connectivity index (χ0v) is 19.8. The molecule has 0 unspecified atom stereocenters. The van der Waals surface area contributed by atoms with Gasteiger partial charge >= 0.3 is 11.9 Å². The van der Waals surface area contributed by atoms with Crippen LogP contribution >= 0.6 is 0 Å². The number of rotatable bonds is 10. The van der Waals surface area contributed by atoms with Gasteiger partial charge in [-0.15, -0.1) is 0 Å². The minimum atomic E-state index is -1.02. The molecular weight excluding hydrogens is 448 g/mol. The Morgan fingerprint density at radius 2 is 0.824 bits per heavy atom. The Morgan fingerprint density at radius 3 is 1.00 bits per heavy atom. The summed E-state index contributed by atoms with van der Waals surface area (Å²) in [7, 11) is 9.02. The fourth-order valence-electron chi connectivity index (χ4n) is 2.73. The van der Waals surface area contributed by atoms with Gasteiger partial charge in [0.05, 0.1) is 42.7 Å². The van der Waals surface area contributed by atoms with E-state index in [1.165, 1.54) is 54.8 Å². The Labute approximate surface area is 197 Å². The van der Waals surface area contributed by atoms with Gasteiger partial charge < -0.3 is 38.6 Å². The van der Waals surface area contributed by atoms with Crippen molar-refractivity contribution in [1.82, 2.24) is 0 Å². The fraction of sp³-hybridized carbons (Fsp3) is 0.250. The normalized spacial score (nSPS) is 10.3. The Morgan fingerprint density at radius 1 is 0.559 bits per heavy atom. The summed E-state index contributed by atoms with van der Waals surface area (Å²) in [5.41, 5.74) is 1.31. The van der Waals surface area contributed by atoms with Gasteiger partial charge in [-0.2, -0.15) is 0 Å². The lowest BCUT2D eigenvalue weighted by atomic mass is 10.1. The van der Waals surface area contributed by atoms with Crippen LogP contribution in [0.25, 0.3) is 12.2 Å². The zero-order valence-electron chi connectivity index (χ0n) is 19.8. The van der Waals surface area contributed by atoms with E-state index in [0.717, 1.165) is 12.2 Å². The third kappa shape index (κ3) is 7.97. The molecule has 2 aromatic rings. The van der Waals surface area contributed by atoms with Gasteiger partial charge in [0.2, 0.25) is 11.5 Å².